The highest BCUT2D eigenvalue weighted by Crippen LogP contribution is 2.31. The first-order valence-electron chi connectivity index (χ1n) is 8.71. The second kappa shape index (κ2) is 7.85. The molecule has 144 valence electrons. The lowest BCUT2D eigenvalue weighted by atomic mass is 10.2. The molecule has 0 saturated carbocycles. The molecule has 0 bridgehead atoms. The SMILES string of the molecule is CC(C)Oc1ccccc1O[C@H]1C[C@@H](C(=O)O)N(C(=O)OC(C)(C)C)C1. The molecule has 0 radical (unpaired) electrons. The van der Waals surface area contributed by atoms with Crippen molar-refractivity contribution in [2.45, 2.75) is 64.9 Å². The van der Waals surface area contributed by atoms with E-state index in [-0.39, 0.29) is 19.1 Å². The van der Waals surface area contributed by atoms with E-state index in [1.807, 2.05) is 26.0 Å². The van der Waals surface area contributed by atoms with Gasteiger partial charge in [-0.1, -0.05) is 12.1 Å². The van der Waals surface area contributed by atoms with Gasteiger partial charge in [0.15, 0.2) is 11.5 Å². The van der Waals surface area contributed by atoms with E-state index < -0.39 is 29.8 Å². The number of carbonyl (C=O) groups is 2. The van der Waals surface area contributed by atoms with Crippen molar-refractivity contribution < 1.29 is 28.9 Å². The number of rotatable bonds is 5. The van der Waals surface area contributed by atoms with E-state index in [1.165, 1.54) is 4.90 Å². The highest BCUT2D eigenvalue weighted by atomic mass is 16.6. The van der Waals surface area contributed by atoms with Crippen LogP contribution < -0.4 is 9.47 Å². The van der Waals surface area contributed by atoms with Crippen LogP contribution in [0.25, 0.3) is 0 Å². The van der Waals surface area contributed by atoms with Gasteiger partial charge in [-0.3, -0.25) is 4.90 Å². The zero-order valence-corrected chi connectivity index (χ0v) is 15.9. The van der Waals surface area contributed by atoms with E-state index in [1.54, 1.807) is 32.9 Å². The normalized spacial score (nSPS) is 20.2. The molecule has 0 aromatic heterocycles. The van der Waals surface area contributed by atoms with E-state index in [9.17, 15) is 14.7 Å². The van der Waals surface area contributed by atoms with Gasteiger partial charge >= 0.3 is 12.1 Å². The second-order valence-electron chi connectivity index (χ2n) is 7.58. The summed E-state index contributed by atoms with van der Waals surface area (Å²) in [4.78, 5) is 25.1. The number of likely N-dealkylation sites (tertiary alicyclic amines) is 1. The Labute approximate surface area is 153 Å². The number of benzene rings is 1. The highest BCUT2D eigenvalue weighted by molar-refractivity contribution is 5.81. The van der Waals surface area contributed by atoms with Gasteiger partial charge in [0.25, 0.3) is 0 Å². The minimum absolute atomic E-state index is 0.0200. The van der Waals surface area contributed by atoms with Crippen molar-refractivity contribution in [3.63, 3.8) is 0 Å². The summed E-state index contributed by atoms with van der Waals surface area (Å²) in [6.07, 6.45) is -0.943. The van der Waals surface area contributed by atoms with Gasteiger partial charge in [-0.15, -0.1) is 0 Å². The van der Waals surface area contributed by atoms with Gasteiger partial charge in [-0.25, -0.2) is 9.59 Å². The van der Waals surface area contributed by atoms with Crippen molar-refractivity contribution in [2.75, 3.05) is 6.54 Å². The molecule has 0 aliphatic carbocycles. The highest BCUT2D eigenvalue weighted by Gasteiger charge is 2.42. The fourth-order valence-corrected chi connectivity index (χ4v) is 2.72. The van der Waals surface area contributed by atoms with Gasteiger partial charge in [0, 0.05) is 6.42 Å². The van der Waals surface area contributed by atoms with Crippen molar-refractivity contribution in [3.05, 3.63) is 24.3 Å². The van der Waals surface area contributed by atoms with Gasteiger partial charge in [-0.05, 0) is 46.8 Å². The monoisotopic (exact) mass is 365 g/mol. The van der Waals surface area contributed by atoms with E-state index in [0.717, 1.165) is 0 Å². The average molecular weight is 365 g/mol. The molecule has 1 N–H and O–H groups in total. The molecule has 1 amide bonds. The van der Waals surface area contributed by atoms with Gasteiger partial charge < -0.3 is 19.3 Å². The van der Waals surface area contributed by atoms with Crippen LogP contribution in [0.15, 0.2) is 24.3 Å². The summed E-state index contributed by atoms with van der Waals surface area (Å²) >= 11 is 0. The molecule has 1 fully saturated rings. The van der Waals surface area contributed by atoms with Gasteiger partial charge in [0.05, 0.1) is 12.6 Å². The summed E-state index contributed by atoms with van der Waals surface area (Å²) in [5.74, 6) is 0.0418. The predicted molar refractivity (Wildman–Crippen MR) is 95.6 cm³/mol. The molecule has 1 aromatic rings. The fraction of sp³-hybridized carbons (Fsp3) is 0.579. The van der Waals surface area contributed by atoms with Crippen LogP contribution in [-0.2, 0) is 9.53 Å². The summed E-state index contributed by atoms with van der Waals surface area (Å²) in [6.45, 7) is 9.19. The van der Waals surface area contributed by atoms with Crippen LogP contribution in [0.3, 0.4) is 0 Å². The molecule has 0 unspecified atom stereocenters. The number of nitrogens with zero attached hydrogens (tertiary/aromatic N) is 1. The number of carbonyl (C=O) groups excluding carboxylic acids is 1. The quantitative estimate of drug-likeness (QED) is 0.862. The summed E-state index contributed by atoms with van der Waals surface area (Å²) in [5, 5.41) is 9.46. The molecule has 1 heterocycles. The number of hydrogen-bond acceptors (Lipinski definition) is 5. The van der Waals surface area contributed by atoms with Crippen LogP contribution in [-0.4, -0.2) is 52.5 Å². The summed E-state index contributed by atoms with van der Waals surface area (Å²) in [6, 6.07) is 6.24. The smallest absolute Gasteiger partial charge is 0.411 e. The van der Waals surface area contributed by atoms with Gasteiger partial charge in [0.2, 0.25) is 0 Å². The third-order valence-electron chi connectivity index (χ3n) is 3.68. The lowest BCUT2D eigenvalue weighted by Crippen LogP contribution is -2.43. The fourth-order valence-electron chi connectivity index (χ4n) is 2.72. The van der Waals surface area contributed by atoms with Crippen molar-refractivity contribution >= 4 is 12.1 Å². The maximum absolute atomic E-state index is 12.3. The van der Waals surface area contributed by atoms with Crippen molar-refractivity contribution in [3.8, 4) is 11.5 Å². The molecular weight excluding hydrogens is 338 g/mol. The molecule has 26 heavy (non-hydrogen) atoms. The lowest BCUT2D eigenvalue weighted by molar-refractivity contribution is -0.142. The van der Waals surface area contributed by atoms with E-state index in [0.29, 0.717) is 11.5 Å². The molecular formula is C19H27NO6. The third-order valence-corrected chi connectivity index (χ3v) is 3.68. The van der Waals surface area contributed by atoms with Gasteiger partial charge in [-0.2, -0.15) is 0 Å². The van der Waals surface area contributed by atoms with Crippen LogP contribution in [0.2, 0.25) is 0 Å². The zero-order valence-electron chi connectivity index (χ0n) is 15.9. The first kappa shape index (κ1) is 19.9. The van der Waals surface area contributed by atoms with E-state index in [2.05, 4.69) is 0 Å². The number of carboxylic acids is 1. The molecule has 7 nitrogen and oxygen atoms in total. The number of hydrogen-bond donors (Lipinski definition) is 1. The molecule has 7 heteroatoms. The number of ether oxygens (including phenoxy) is 3. The summed E-state index contributed by atoms with van der Waals surface area (Å²) < 4.78 is 17.0. The molecule has 2 rings (SSSR count). The Hall–Kier alpha value is -2.44. The van der Waals surface area contributed by atoms with Gasteiger partial charge in [0.1, 0.15) is 17.7 Å². The second-order valence-corrected chi connectivity index (χ2v) is 7.58. The number of amides is 1. The Balaban J connectivity index is 2.13. The third kappa shape index (κ3) is 5.28. The summed E-state index contributed by atoms with van der Waals surface area (Å²) in [5.41, 5.74) is -0.698. The largest absolute Gasteiger partial charge is 0.487 e. The van der Waals surface area contributed by atoms with Crippen LogP contribution in [0.1, 0.15) is 41.0 Å². The van der Waals surface area contributed by atoms with Crippen LogP contribution in [0, 0.1) is 0 Å². The van der Waals surface area contributed by atoms with E-state index in [4.69, 9.17) is 14.2 Å². The topological polar surface area (TPSA) is 85.3 Å². The predicted octanol–water partition coefficient (Wildman–Crippen LogP) is 3.32. The van der Waals surface area contributed by atoms with Crippen molar-refractivity contribution in [1.82, 2.24) is 4.90 Å². The number of para-hydroxylation sites is 2. The number of aliphatic carboxylic acids is 1. The Kier molecular flexibility index (Phi) is 6.00. The molecule has 0 spiro atoms. The van der Waals surface area contributed by atoms with Crippen molar-refractivity contribution in [2.24, 2.45) is 0 Å². The minimum atomic E-state index is -1.08. The van der Waals surface area contributed by atoms with Crippen LogP contribution in [0.5, 0.6) is 11.5 Å². The molecule has 1 saturated heterocycles. The first-order chi connectivity index (χ1) is 12.1. The Morgan fingerprint density at radius 2 is 1.81 bits per heavy atom. The maximum Gasteiger partial charge on any atom is 0.411 e. The standard InChI is InChI=1S/C19H27NO6/c1-12(2)24-15-8-6-7-9-16(15)25-13-10-14(17(21)22)20(11-13)18(23)26-19(3,4)5/h6-9,12-14H,10-11H2,1-5H3,(H,21,22)/t13-,14-/m0/s1. The average Bonchev–Trinajstić information content (AvgIpc) is 2.91. The molecule has 1 aliphatic rings. The Bertz CT molecular complexity index is 652. The Morgan fingerprint density at radius 1 is 1.19 bits per heavy atom. The van der Waals surface area contributed by atoms with Crippen LogP contribution >= 0.6 is 0 Å². The molecule has 2 atom stereocenters. The molecule has 1 aliphatic heterocycles. The summed E-state index contributed by atoms with van der Waals surface area (Å²) in [7, 11) is 0. The first-order valence-corrected chi connectivity index (χ1v) is 8.71. The van der Waals surface area contributed by atoms with Crippen LogP contribution in [0.4, 0.5) is 4.79 Å². The number of carboxylic acid groups (broad SMARTS) is 1. The molecule has 1 aromatic carbocycles. The van der Waals surface area contributed by atoms with E-state index >= 15 is 0 Å². The zero-order chi connectivity index (χ0) is 19.5. The minimum Gasteiger partial charge on any atom is -0.487 e. The maximum atomic E-state index is 12.3. The Morgan fingerprint density at radius 3 is 2.35 bits per heavy atom. The lowest BCUT2D eigenvalue weighted by Gasteiger charge is -2.26. The van der Waals surface area contributed by atoms with Crippen molar-refractivity contribution in [1.29, 1.82) is 0 Å².